The molecule has 0 aliphatic carbocycles. The second-order valence-electron chi connectivity index (χ2n) is 6.46. The maximum atomic E-state index is 12.6. The minimum Gasteiger partial charge on any atom is -0.511 e. The van der Waals surface area contributed by atoms with Gasteiger partial charge in [-0.25, -0.2) is 13.9 Å². The van der Waals surface area contributed by atoms with E-state index in [-0.39, 0.29) is 21.4 Å². The van der Waals surface area contributed by atoms with Crippen LogP contribution in [-0.2, 0) is 24.1 Å². The molecule has 0 aromatic heterocycles. The summed E-state index contributed by atoms with van der Waals surface area (Å²) in [6.45, 7) is 2.65. The first-order valence-corrected chi connectivity index (χ1v) is 11.9. The fourth-order valence-corrected chi connectivity index (χ4v) is 3.90. The molecule has 0 amide bonds. The van der Waals surface area contributed by atoms with E-state index in [1.165, 1.54) is 44.2 Å². The summed E-state index contributed by atoms with van der Waals surface area (Å²) >= 11 is 0.720. The van der Waals surface area contributed by atoms with Crippen molar-refractivity contribution < 1.29 is 27.6 Å². The molecule has 2 rings (SSSR count). The summed E-state index contributed by atoms with van der Waals surface area (Å²) in [5, 5.41) is 9.84. The molecule has 3 N–H and O–H groups in total. The minimum atomic E-state index is -3.99. The molecule has 2 aromatic carbocycles. The van der Waals surface area contributed by atoms with Gasteiger partial charge in [0.2, 0.25) is 0 Å². The number of anilines is 2. The zero-order chi connectivity index (χ0) is 24.1. The summed E-state index contributed by atoms with van der Waals surface area (Å²) in [5.74, 6) is -0.617. The normalized spacial score (nSPS) is 13.2. The highest BCUT2D eigenvalue weighted by Gasteiger charge is 2.18. The zero-order valence-corrected chi connectivity index (χ0v) is 19.6. The predicted molar refractivity (Wildman–Crippen MR) is 131 cm³/mol. The molecule has 10 heteroatoms. The number of aliphatic hydroxyl groups excluding tert-OH is 1. The van der Waals surface area contributed by atoms with Crippen molar-refractivity contribution in [1.29, 1.82) is 0 Å². The number of benzene rings is 2. The lowest BCUT2D eigenvalue weighted by atomic mass is 10.3. The third kappa shape index (κ3) is 9.38. The number of nitrogens with one attached hydrogen (secondary N) is 2. The van der Waals surface area contributed by atoms with Gasteiger partial charge in [0.15, 0.2) is 5.78 Å². The summed E-state index contributed by atoms with van der Waals surface area (Å²) in [6, 6.07) is 17.4. The molecule has 0 saturated carbocycles. The van der Waals surface area contributed by atoms with Crippen LogP contribution >= 0.6 is 12.0 Å². The second kappa shape index (κ2) is 13.3. The third-order valence-corrected chi connectivity index (χ3v) is 6.08. The SMILES string of the molecule is CC(=O)/C(=C/C=C/C=C/C(=C(/C)O)S(=O)(=O)Nc1ccccc1)SOONc1ccccc1. The minimum absolute atomic E-state index is 0.252. The van der Waals surface area contributed by atoms with Crippen molar-refractivity contribution in [1.82, 2.24) is 0 Å². The molecule has 0 fully saturated rings. The smallest absolute Gasteiger partial charge is 0.265 e. The van der Waals surface area contributed by atoms with Crippen molar-refractivity contribution in [2.24, 2.45) is 0 Å². The number of para-hydroxylation sites is 2. The van der Waals surface area contributed by atoms with E-state index < -0.39 is 10.0 Å². The highest BCUT2D eigenvalue weighted by Crippen LogP contribution is 2.20. The number of aliphatic hydroxyl groups is 1. The molecule has 0 heterocycles. The van der Waals surface area contributed by atoms with Crippen molar-refractivity contribution in [2.45, 2.75) is 13.8 Å². The fourth-order valence-electron chi connectivity index (χ4n) is 2.30. The lowest BCUT2D eigenvalue weighted by Crippen LogP contribution is -2.15. The van der Waals surface area contributed by atoms with Crippen LogP contribution in [-0.4, -0.2) is 19.3 Å². The van der Waals surface area contributed by atoms with Gasteiger partial charge in [-0.05, 0) is 50.3 Å². The maximum Gasteiger partial charge on any atom is 0.265 e. The van der Waals surface area contributed by atoms with Crippen LogP contribution < -0.4 is 10.2 Å². The van der Waals surface area contributed by atoms with E-state index in [0.29, 0.717) is 11.4 Å². The van der Waals surface area contributed by atoms with Crippen LogP contribution in [0, 0.1) is 0 Å². The highest BCUT2D eigenvalue weighted by molar-refractivity contribution is 7.99. The molecule has 2 aromatic rings. The van der Waals surface area contributed by atoms with E-state index in [1.54, 1.807) is 42.5 Å². The van der Waals surface area contributed by atoms with E-state index >= 15 is 0 Å². The van der Waals surface area contributed by atoms with E-state index in [2.05, 4.69) is 10.2 Å². The molecule has 0 atom stereocenters. The number of ketones is 1. The molecular weight excluding hydrogens is 464 g/mol. The Balaban J connectivity index is 1.96. The number of carbonyl (C=O) groups is 1. The number of carbonyl (C=O) groups excluding carboxylic acids is 1. The molecule has 0 aliphatic rings. The Labute approximate surface area is 197 Å². The quantitative estimate of drug-likeness (QED) is 0.0690. The Morgan fingerprint density at radius 3 is 2.12 bits per heavy atom. The summed E-state index contributed by atoms with van der Waals surface area (Å²) in [7, 11) is -3.99. The Bertz CT molecular complexity index is 1140. The van der Waals surface area contributed by atoms with Crippen LogP contribution in [0.5, 0.6) is 0 Å². The number of hydrogen-bond donors (Lipinski definition) is 3. The average molecular weight is 489 g/mol. The molecule has 0 unspecified atom stereocenters. The van der Waals surface area contributed by atoms with Gasteiger partial charge in [-0.3, -0.25) is 9.52 Å². The van der Waals surface area contributed by atoms with Crippen molar-refractivity contribution >= 4 is 39.2 Å². The molecule has 0 bridgehead atoms. The van der Waals surface area contributed by atoms with E-state index in [1.807, 2.05) is 18.2 Å². The monoisotopic (exact) mass is 488 g/mol. The fraction of sp³-hybridized carbons (Fsp3) is 0.0870. The first-order valence-electron chi connectivity index (χ1n) is 9.64. The van der Waals surface area contributed by atoms with Gasteiger partial charge in [0.25, 0.3) is 10.0 Å². The molecule has 0 radical (unpaired) electrons. The van der Waals surface area contributed by atoms with Crippen molar-refractivity contribution in [3.63, 3.8) is 0 Å². The van der Waals surface area contributed by atoms with E-state index in [0.717, 1.165) is 12.0 Å². The van der Waals surface area contributed by atoms with Gasteiger partial charge in [0, 0.05) is 5.69 Å². The van der Waals surface area contributed by atoms with Crippen molar-refractivity contribution in [3.8, 4) is 0 Å². The molecule has 174 valence electrons. The van der Waals surface area contributed by atoms with Crippen LogP contribution in [0.3, 0.4) is 0 Å². The van der Waals surface area contributed by atoms with Gasteiger partial charge < -0.3 is 5.11 Å². The highest BCUT2D eigenvalue weighted by atomic mass is 32.2. The third-order valence-electron chi connectivity index (χ3n) is 3.83. The molecule has 0 spiro atoms. The van der Waals surface area contributed by atoms with Crippen LogP contribution in [0.25, 0.3) is 0 Å². The number of Topliss-reactive ketones (excluding diaryl/α,β-unsaturated/α-hetero) is 1. The molecule has 33 heavy (non-hydrogen) atoms. The summed E-state index contributed by atoms with van der Waals surface area (Å²) in [6.07, 6.45) is 7.18. The standard InChI is InChI=1S/C23H24N2O6S2/c1-18(26)22(32-31-30-24-20-12-6-3-7-13-20)16-10-5-11-17-23(19(2)27)33(28,29)25-21-14-8-4-9-15-21/h3-17,24-25,27H,1-2H3/b10-5+,17-11+,22-16-,23-19+. The van der Waals surface area contributed by atoms with E-state index in [4.69, 9.17) is 9.32 Å². The van der Waals surface area contributed by atoms with Gasteiger partial charge in [-0.15, -0.1) is 9.32 Å². The summed E-state index contributed by atoms with van der Waals surface area (Å²) in [4.78, 5) is 16.6. The molecule has 0 saturated heterocycles. The van der Waals surface area contributed by atoms with Gasteiger partial charge >= 0.3 is 0 Å². The maximum absolute atomic E-state index is 12.6. The van der Waals surface area contributed by atoms with Crippen LogP contribution in [0.1, 0.15) is 13.8 Å². The zero-order valence-electron chi connectivity index (χ0n) is 18.0. The second-order valence-corrected chi connectivity index (χ2v) is 8.85. The summed E-state index contributed by atoms with van der Waals surface area (Å²) in [5.41, 5.74) is 3.62. The number of allylic oxidation sites excluding steroid dienone is 7. The first kappa shape index (κ1) is 25.9. The van der Waals surface area contributed by atoms with Gasteiger partial charge in [0.05, 0.1) is 22.6 Å². The Hall–Kier alpha value is -3.31. The van der Waals surface area contributed by atoms with Crippen molar-refractivity contribution in [3.05, 3.63) is 107 Å². The van der Waals surface area contributed by atoms with E-state index in [9.17, 15) is 18.3 Å². The lowest BCUT2D eigenvalue weighted by Gasteiger charge is -2.09. The Morgan fingerprint density at radius 2 is 1.55 bits per heavy atom. The predicted octanol–water partition coefficient (Wildman–Crippen LogP) is 5.43. The van der Waals surface area contributed by atoms with Crippen molar-refractivity contribution in [2.75, 3.05) is 10.2 Å². The van der Waals surface area contributed by atoms with Crippen LogP contribution in [0.4, 0.5) is 11.4 Å². The topological polar surface area (TPSA) is 114 Å². The van der Waals surface area contributed by atoms with Gasteiger partial charge in [-0.1, -0.05) is 54.6 Å². The number of rotatable bonds is 12. The summed E-state index contributed by atoms with van der Waals surface area (Å²) < 4.78 is 32.4. The van der Waals surface area contributed by atoms with Gasteiger partial charge in [-0.2, -0.15) is 0 Å². The molecule has 0 aliphatic heterocycles. The average Bonchev–Trinajstić information content (AvgIpc) is 2.77. The number of sulfonamides is 1. The first-order chi connectivity index (χ1) is 15.8. The lowest BCUT2D eigenvalue weighted by molar-refractivity contribution is -0.160. The Kier molecular flexibility index (Phi) is 10.4. The number of hydrogen-bond acceptors (Lipinski definition) is 8. The van der Waals surface area contributed by atoms with Crippen LogP contribution in [0.15, 0.2) is 107 Å². The van der Waals surface area contributed by atoms with Gasteiger partial charge in [0.1, 0.15) is 10.7 Å². The molecule has 8 nitrogen and oxygen atoms in total. The largest absolute Gasteiger partial charge is 0.511 e. The Morgan fingerprint density at radius 1 is 0.939 bits per heavy atom. The van der Waals surface area contributed by atoms with Crippen LogP contribution in [0.2, 0.25) is 0 Å². The molecular formula is C23H24N2O6S2.